The van der Waals surface area contributed by atoms with Gasteiger partial charge >= 0.3 is 0 Å². The monoisotopic (exact) mass is 269 g/mol. The van der Waals surface area contributed by atoms with Gasteiger partial charge in [0.15, 0.2) is 0 Å². The van der Waals surface area contributed by atoms with E-state index in [0.29, 0.717) is 17.7 Å². The second-order valence-electron chi connectivity index (χ2n) is 5.11. The molecule has 0 spiro atoms. The van der Waals surface area contributed by atoms with Gasteiger partial charge in [-0.3, -0.25) is 0 Å². The van der Waals surface area contributed by atoms with Gasteiger partial charge in [0.2, 0.25) is 0 Å². The van der Waals surface area contributed by atoms with Crippen molar-refractivity contribution in [3.8, 4) is 0 Å². The van der Waals surface area contributed by atoms with Gasteiger partial charge in [-0.05, 0) is 50.4 Å². The molecule has 4 heteroatoms. The minimum atomic E-state index is -0.363. The molecular formula is C15H21F2NO. The summed E-state index contributed by atoms with van der Waals surface area (Å²) >= 11 is 0. The molecule has 1 aliphatic rings. The van der Waals surface area contributed by atoms with Gasteiger partial charge in [-0.15, -0.1) is 0 Å². The van der Waals surface area contributed by atoms with Crippen LogP contribution in [0, 0.1) is 18.6 Å². The molecule has 106 valence electrons. The van der Waals surface area contributed by atoms with E-state index in [0.717, 1.165) is 25.8 Å². The Hall–Kier alpha value is -1.00. The van der Waals surface area contributed by atoms with Gasteiger partial charge in [-0.25, -0.2) is 8.78 Å². The molecule has 1 fully saturated rings. The van der Waals surface area contributed by atoms with Crippen LogP contribution in [-0.4, -0.2) is 19.3 Å². The summed E-state index contributed by atoms with van der Waals surface area (Å²) in [5.41, 5.74) is 0.714. The lowest BCUT2D eigenvalue weighted by Crippen LogP contribution is -2.33. The number of halogens is 2. The Morgan fingerprint density at radius 2 is 2.16 bits per heavy atom. The first kappa shape index (κ1) is 14.4. The number of hydrogen-bond acceptors (Lipinski definition) is 2. The average Bonchev–Trinajstić information content (AvgIpc) is 2.89. The zero-order valence-electron chi connectivity index (χ0n) is 11.5. The molecule has 19 heavy (non-hydrogen) atoms. The number of aryl methyl sites for hydroxylation is 1. The molecule has 0 aliphatic carbocycles. The summed E-state index contributed by atoms with van der Waals surface area (Å²) in [7, 11) is 0. The number of benzene rings is 1. The molecule has 0 bridgehead atoms. The lowest BCUT2D eigenvalue weighted by atomic mass is 9.97. The molecule has 1 heterocycles. The molecule has 1 N–H and O–H groups in total. The number of hydrogen-bond donors (Lipinski definition) is 1. The minimum absolute atomic E-state index is 0.0665. The molecule has 1 aliphatic heterocycles. The third-order valence-electron chi connectivity index (χ3n) is 3.56. The lowest BCUT2D eigenvalue weighted by molar-refractivity contribution is 0.0770. The van der Waals surface area contributed by atoms with Gasteiger partial charge in [0.1, 0.15) is 11.6 Å². The van der Waals surface area contributed by atoms with Crippen molar-refractivity contribution in [3.05, 3.63) is 34.9 Å². The Balaban J connectivity index is 2.28. The highest BCUT2D eigenvalue weighted by atomic mass is 19.1. The highest BCUT2D eigenvalue weighted by molar-refractivity contribution is 5.28. The van der Waals surface area contributed by atoms with Crippen LogP contribution in [0.4, 0.5) is 8.78 Å². The normalized spacial score (nSPS) is 20.7. The van der Waals surface area contributed by atoms with Crippen molar-refractivity contribution in [2.75, 3.05) is 13.2 Å². The van der Waals surface area contributed by atoms with Crippen molar-refractivity contribution in [2.45, 2.75) is 45.3 Å². The average molecular weight is 269 g/mol. The quantitative estimate of drug-likeness (QED) is 0.883. The molecule has 2 rings (SSSR count). The molecule has 0 radical (unpaired) electrons. The molecule has 1 aromatic carbocycles. The topological polar surface area (TPSA) is 21.3 Å². The minimum Gasteiger partial charge on any atom is -0.376 e. The molecule has 2 unspecified atom stereocenters. The summed E-state index contributed by atoms with van der Waals surface area (Å²) in [6.07, 6.45) is 2.74. The van der Waals surface area contributed by atoms with Crippen molar-refractivity contribution in [1.29, 1.82) is 0 Å². The maximum atomic E-state index is 14.1. The van der Waals surface area contributed by atoms with Gasteiger partial charge in [0.25, 0.3) is 0 Å². The van der Waals surface area contributed by atoms with Gasteiger partial charge in [-0.2, -0.15) is 0 Å². The van der Waals surface area contributed by atoms with Crippen LogP contribution in [0.5, 0.6) is 0 Å². The van der Waals surface area contributed by atoms with Crippen molar-refractivity contribution in [3.63, 3.8) is 0 Å². The summed E-state index contributed by atoms with van der Waals surface area (Å²) in [5.74, 6) is -0.722. The van der Waals surface area contributed by atoms with Crippen LogP contribution in [0.25, 0.3) is 0 Å². The second-order valence-corrected chi connectivity index (χ2v) is 5.11. The van der Waals surface area contributed by atoms with Crippen molar-refractivity contribution >= 4 is 0 Å². The summed E-state index contributed by atoms with van der Waals surface area (Å²) in [6, 6.07) is 2.30. The molecule has 2 nitrogen and oxygen atoms in total. The van der Waals surface area contributed by atoms with Crippen LogP contribution in [-0.2, 0) is 4.74 Å². The summed E-state index contributed by atoms with van der Waals surface area (Å²) in [5, 5.41) is 3.28. The van der Waals surface area contributed by atoms with Gasteiger partial charge in [0.05, 0.1) is 12.1 Å². The number of rotatable bonds is 5. The Labute approximate surface area is 113 Å². The van der Waals surface area contributed by atoms with E-state index in [1.54, 1.807) is 6.92 Å². The molecule has 0 saturated carbocycles. The lowest BCUT2D eigenvalue weighted by Gasteiger charge is -2.25. The molecule has 2 atom stereocenters. The fraction of sp³-hybridized carbons (Fsp3) is 0.600. The molecule has 1 aromatic rings. The Kier molecular flexibility index (Phi) is 4.88. The maximum absolute atomic E-state index is 14.1. The SMILES string of the molecule is CCCNC(c1cc(F)c(C)cc1F)C1CCCO1. The first-order valence-electron chi connectivity index (χ1n) is 6.94. The van der Waals surface area contributed by atoms with E-state index in [1.807, 2.05) is 6.92 Å². The largest absolute Gasteiger partial charge is 0.376 e. The fourth-order valence-electron chi connectivity index (χ4n) is 2.51. The van der Waals surface area contributed by atoms with Crippen LogP contribution >= 0.6 is 0 Å². The van der Waals surface area contributed by atoms with E-state index in [4.69, 9.17) is 4.74 Å². The highest BCUT2D eigenvalue weighted by Crippen LogP contribution is 2.29. The van der Waals surface area contributed by atoms with Gasteiger partial charge in [-0.1, -0.05) is 6.92 Å². The molecular weight excluding hydrogens is 248 g/mol. The first-order valence-corrected chi connectivity index (χ1v) is 6.94. The number of nitrogens with one attached hydrogen (secondary N) is 1. The van der Waals surface area contributed by atoms with Crippen LogP contribution in [0.15, 0.2) is 12.1 Å². The fourth-order valence-corrected chi connectivity index (χ4v) is 2.51. The van der Waals surface area contributed by atoms with Crippen molar-refractivity contribution in [2.24, 2.45) is 0 Å². The molecule has 0 amide bonds. The van der Waals surface area contributed by atoms with Crippen LogP contribution in [0.3, 0.4) is 0 Å². The van der Waals surface area contributed by atoms with E-state index < -0.39 is 0 Å². The van der Waals surface area contributed by atoms with Crippen LogP contribution in [0.2, 0.25) is 0 Å². The molecule has 1 saturated heterocycles. The maximum Gasteiger partial charge on any atom is 0.128 e. The zero-order chi connectivity index (χ0) is 13.8. The first-order chi connectivity index (χ1) is 9.13. The van der Waals surface area contributed by atoms with E-state index >= 15 is 0 Å². The third-order valence-corrected chi connectivity index (χ3v) is 3.56. The second kappa shape index (κ2) is 6.44. The van der Waals surface area contributed by atoms with Gasteiger partial charge < -0.3 is 10.1 Å². The summed E-state index contributed by atoms with van der Waals surface area (Å²) in [4.78, 5) is 0. The molecule has 0 aromatic heterocycles. The Morgan fingerprint density at radius 1 is 1.37 bits per heavy atom. The summed E-state index contributed by atoms with van der Waals surface area (Å²) < 4.78 is 33.4. The van der Waals surface area contributed by atoms with Gasteiger partial charge in [0, 0.05) is 12.2 Å². The van der Waals surface area contributed by atoms with Crippen LogP contribution < -0.4 is 5.32 Å². The number of ether oxygens (including phenoxy) is 1. The predicted octanol–water partition coefficient (Wildman–Crippen LogP) is 3.49. The third kappa shape index (κ3) is 3.31. The van der Waals surface area contributed by atoms with E-state index in [9.17, 15) is 8.78 Å². The zero-order valence-corrected chi connectivity index (χ0v) is 11.5. The van der Waals surface area contributed by atoms with Crippen LogP contribution in [0.1, 0.15) is 43.4 Å². The van der Waals surface area contributed by atoms with E-state index in [2.05, 4.69) is 5.32 Å². The van der Waals surface area contributed by atoms with E-state index in [-0.39, 0.29) is 23.8 Å². The summed E-state index contributed by atoms with van der Waals surface area (Å²) in [6.45, 7) is 5.08. The predicted molar refractivity (Wildman–Crippen MR) is 71.1 cm³/mol. The standard InChI is InChI=1S/C15H21F2NO/c1-3-6-18-15(14-5-4-7-19-14)11-9-12(16)10(2)8-13(11)17/h8-9,14-15,18H,3-7H2,1-2H3. The Morgan fingerprint density at radius 3 is 2.79 bits per heavy atom. The smallest absolute Gasteiger partial charge is 0.128 e. The highest BCUT2D eigenvalue weighted by Gasteiger charge is 2.29. The van der Waals surface area contributed by atoms with Crippen molar-refractivity contribution < 1.29 is 13.5 Å². The Bertz CT molecular complexity index is 430. The van der Waals surface area contributed by atoms with Crippen molar-refractivity contribution in [1.82, 2.24) is 5.32 Å². The van der Waals surface area contributed by atoms with E-state index in [1.165, 1.54) is 12.1 Å².